The molecule has 0 aliphatic carbocycles. The molecule has 0 N–H and O–H groups in total. The predicted octanol–water partition coefficient (Wildman–Crippen LogP) is 5.78. The topological polar surface area (TPSA) is 29.6 Å². The summed E-state index contributed by atoms with van der Waals surface area (Å²) in [4.78, 5) is 6.66. The lowest BCUT2D eigenvalue weighted by atomic mass is 10.2. The molecule has 0 atom stereocenters. The Hall–Kier alpha value is -1.40. The second-order valence-corrected chi connectivity index (χ2v) is 7.95. The lowest BCUT2D eigenvalue weighted by Gasteiger charge is -2.03. The van der Waals surface area contributed by atoms with Crippen molar-refractivity contribution in [2.24, 2.45) is 10.1 Å². The van der Waals surface area contributed by atoms with Crippen molar-refractivity contribution in [3.8, 4) is 10.6 Å². The van der Waals surface area contributed by atoms with Crippen LogP contribution in [0.15, 0.2) is 51.2 Å². The number of halogens is 2. The number of nitrogens with zero attached hydrogens (tertiary/aromatic N) is 3. The van der Waals surface area contributed by atoms with Gasteiger partial charge in [0.1, 0.15) is 0 Å². The summed E-state index contributed by atoms with van der Waals surface area (Å²) in [6.07, 6.45) is 1.74. The van der Waals surface area contributed by atoms with Crippen LogP contribution >= 0.6 is 45.9 Å². The monoisotopic (exact) mass is 395 g/mol. The van der Waals surface area contributed by atoms with Crippen molar-refractivity contribution < 1.29 is 0 Å². The molecule has 0 bridgehead atoms. The van der Waals surface area contributed by atoms with Crippen LogP contribution in [-0.2, 0) is 0 Å². The number of hydrogen-bond donors (Lipinski definition) is 0. The highest BCUT2D eigenvalue weighted by Gasteiger charge is 2.09. The van der Waals surface area contributed by atoms with Gasteiger partial charge in [-0.1, -0.05) is 35.3 Å². The number of benzene rings is 1. The van der Waals surface area contributed by atoms with Crippen LogP contribution in [0.3, 0.4) is 0 Å². The predicted molar refractivity (Wildman–Crippen MR) is 106 cm³/mol. The van der Waals surface area contributed by atoms with Crippen LogP contribution in [0.1, 0.15) is 19.4 Å². The van der Waals surface area contributed by atoms with Gasteiger partial charge in [-0.2, -0.15) is 5.10 Å². The van der Waals surface area contributed by atoms with E-state index in [1.165, 1.54) is 0 Å². The second-order valence-electron chi connectivity index (χ2n) is 5.33. The Morgan fingerprint density at radius 2 is 2.00 bits per heavy atom. The molecular formula is C17H15Cl2N3S2. The van der Waals surface area contributed by atoms with Crippen molar-refractivity contribution in [3.05, 3.63) is 61.5 Å². The average Bonchev–Trinajstić information content (AvgIpc) is 3.15. The molecule has 24 heavy (non-hydrogen) atoms. The van der Waals surface area contributed by atoms with E-state index in [9.17, 15) is 0 Å². The van der Waals surface area contributed by atoms with Gasteiger partial charge in [0.05, 0.1) is 21.8 Å². The van der Waals surface area contributed by atoms with E-state index < -0.39 is 0 Å². The molecule has 0 fully saturated rings. The van der Waals surface area contributed by atoms with E-state index in [4.69, 9.17) is 23.2 Å². The van der Waals surface area contributed by atoms with E-state index in [1.807, 2.05) is 16.8 Å². The van der Waals surface area contributed by atoms with Crippen molar-refractivity contribution in [3.63, 3.8) is 0 Å². The third kappa shape index (κ3) is 3.98. The number of thiophene rings is 1. The van der Waals surface area contributed by atoms with Crippen molar-refractivity contribution in [2.45, 2.75) is 19.9 Å². The molecule has 2 heterocycles. The first-order chi connectivity index (χ1) is 11.5. The highest BCUT2D eigenvalue weighted by atomic mass is 35.5. The van der Waals surface area contributed by atoms with Crippen LogP contribution in [-0.4, -0.2) is 16.9 Å². The summed E-state index contributed by atoms with van der Waals surface area (Å²) in [5.74, 6) is 0. The zero-order valence-corrected chi connectivity index (χ0v) is 16.3. The molecule has 0 radical (unpaired) electrons. The molecule has 3 aromatic rings. The van der Waals surface area contributed by atoms with Gasteiger partial charge in [-0.15, -0.1) is 22.7 Å². The first kappa shape index (κ1) is 17.4. The fourth-order valence-corrected chi connectivity index (χ4v) is 4.26. The van der Waals surface area contributed by atoms with Crippen LogP contribution in [0, 0.1) is 0 Å². The maximum atomic E-state index is 6.23. The van der Waals surface area contributed by atoms with Gasteiger partial charge in [0.15, 0.2) is 0 Å². The molecule has 3 rings (SSSR count). The molecule has 7 heteroatoms. The Morgan fingerprint density at radius 3 is 2.67 bits per heavy atom. The van der Waals surface area contributed by atoms with E-state index in [-0.39, 0.29) is 6.04 Å². The van der Waals surface area contributed by atoms with E-state index in [1.54, 1.807) is 41.0 Å². The van der Waals surface area contributed by atoms with Crippen molar-refractivity contribution >= 4 is 52.1 Å². The fraction of sp³-hybridized carbons (Fsp3) is 0.176. The lowest BCUT2D eigenvalue weighted by Crippen LogP contribution is -2.14. The van der Waals surface area contributed by atoms with Gasteiger partial charge in [0.2, 0.25) is 4.80 Å². The van der Waals surface area contributed by atoms with Gasteiger partial charge in [-0.3, -0.25) is 4.99 Å². The molecule has 0 aliphatic rings. The van der Waals surface area contributed by atoms with Gasteiger partial charge in [-0.25, -0.2) is 4.68 Å². The summed E-state index contributed by atoms with van der Waals surface area (Å²) in [7, 11) is 0. The molecule has 0 saturated carbocycles. The molecular weight excluding hydrogens is 381 g/mol. The summed E-state index contributed by atoms with van der Waals surface area (Å²) >= 11 is 15.4. The van der Waals surface area contributed by atoms with Crippen LogP contribution < -0.4 is 4.80 Å². The van der Waals surface area contributed by atoms with Gasteiger partial charge in [0, 0.05) is 22.0 Å². The molecule has 1 aromatic carbocycles. The van der Waals surface area contributed by atoms with Crippen LogP contribution in [0.4, 0.5) is 0 Å². The van der Waals surface area contributed by atoms with E-state index in [0.717, 1.165) is 20.9 Å². The minimum atomic E-state index is 0.195. The maximum Gasteiger partial charge on any atom is 0.206 e. The summed E-state index contributed by atoms with van der Waals surface area (Å²) < 4.78 is 1.86. The van der Waals surface area contributed by atoms with Crippen molar-refractivity contribution in [2.75, 3.05) is 0 Å². The quantitative estimate of drug-likeness (QED) is 0.501. The highest BCUT2D eigenvalue weighted by molar-refractivity contribution is 7.14. The Labute approximate surface area is 158 Å². The zero-order valence-electron chi connectivity index (χ0n) is 13.1. The Morgan fingerprint density at radius 1 is 1.17 bits per heavy atom. The SMILES string of the molecule is CC(C)N=c1scc(-c2cccs2)n1/N=C\c1ccc(Cl)cc1Cl. The zero-order chi connectivity index (χ0) is 17.1. The van der Waals surface area contributed by atoms with Crippen molar-refractivity contribution in [1.29, 1.82) is 0 Å². The van der Waals surface area contributed by atoms with E-state index in [0.29, 0.717) is 10.0 Å². The third-order valence-electron chi connectivity index (χ3n) is 3.10. The van der Waals surface area contributed by atoms with Gasteiger partial charge >= 0.3 is 0 Å². The molecule has 3 nitrogen and oxygen atoms in total. The minimum absolute atomic E-state index is 0.195. The molecule has 0 amide bonds. The minimum Gasteiger partial charge on any atom is -0.255 e. The fourth-order valence-electron chi connectivity index (χ4n) is 2.04. The van der Waals surface area contributed by atoms with Crippen molar-refractivity contribution in [1.82, 2.24) is 4.68 Å². The Kier molecular flexibility index (Phi) is 5.56. The molecule has 0 spiro atoms. The number of aromatic nitrogens is 1. The van der Waals surface area contributed by atoms with Gasteiger partial charge in [0.25, 0.3) is 0 Å². The lowest BCUT2D eigenvalue weighted by molar-refractivity contribution is 0.755. The smallest absolute Gasteiger partial charge is 0.206 e. The van der Waals surface area contributed by atoms with Crippen LogP contribution in [0.25, 0.3) is 10.6 Å². The summed E-state index contributed by atoms with van der Waals surface area (Å²) in [6, 6.07) is 9.66. The third-order valence-corrected chi connectivity index (χ3v) is 5.39. The summed E-state index contributed by atoms with van der Waals surface area (Å²) in [5, 5.41) is 9.93. The molecule has 0 unspecified atom stereocenters. The average molecular weight is 396 g/mol. The standard InChI is InChI=1S/C17H15Cl2N3S2/c1-11(2)21-17-22(15(10-24-17)16-4-3-7-23-16)20-9-12-5-6-13(18)8-14(12)19/h3-11H,1-2H3/b20-9-,21-17?. The Balaban J connectivity index is 2.08. The first-order valence-corrected chi connectivity index (χ1v) is 9.84. The summed E-state index contributed by atoms with van der Waals surface area (Å²) in [6.45, 7) is 4.10. The van der Waals surface area contributed by atoms with Crippen LogP contribution in [0.2, 0.25) is 10.0 Å². The first-order valence-electron chi connectivity index (χ1n) is 7.32. The van der Waals surface area contributed by atoms with E-state index >= 15 is 0 Å². The second kappa shape index (κ2) is 7.66. The number of rotatable bonds is 4. The summed E-state index contributed by atoms with van der Waals surface area (Å²) in [5.41, 5.74) is 1.84. The number of hydrogen-bond acceptors (Lipinski definition) is 4. The van der Waals surface area contributed by atoms with Gasteiger partial charge in [-0.05, 0) is 37.4 Å². The molecule has 124 valence electrons. The Bertz CT molecular complexity index is 922. The molecule has 0 saturated heterocycles. The number of thiazole rings is 1. The highest BCUT2D eigenvalue weighted by Crippen LogP contribution is 2.25. The van der Waals surface area contributed by atoms with Crippen LogP contribution in [0.5, 0.6) is 0 Å². The molecule has 0 aliphatic heterocycles. The normalized spacial score (nSPS) is 12.6. The maximum absolute atomic E-state index is 6.23. The molecule has 2 aromatic heterocycles. The van der Waals surface area contributed by atoms with Gasteiger partial charge < -0.3 is 0 Å². The largest absolute Gasteiger partial charge is 0.255 e. The van der Waals surface area contributed by atoms with E-state index in [2.05, 4.69) is 40.8 Å².